The molecule has 170 valence electrons. The Kier molecular flexibility index (Phi) is 5.10. The van der Waals surface area contributed by atoms with Crippen LogP contribution in [0.25, 0.3) is 10.2 Å². The molecule has 4 rings (SSSR count). The maximum atomic E-state index is 13.7. The van der Waals surface area contributed by atoms with Crippen LogP contribution in [0, 0.1) is 5.41 Å². The third kappa shape index (κ3) is 4.42. The number of carbonyl (C=O) groups excluding carboxylic acids is 1. The second kappa shape index (κ2) is 7.18. The van der Waals surface area contributed by atoms with E-state index in [0.29, 0.717) is 36.4 Å². The number of fused-ring (bicyclic) bond motifs is 1. The quantitative estimate of drug-likeness (QED) is 0.573. The first-order valence-electron chi connectivity index (χ1n) is 9.74. The molecule has 5 nitrogen and oxygen atoms in total. The SMILES string of the molecule is CC(C)(C)OC(=O)N1CC2(C1)CN(c1c(C(F)F)cnc3sc(CC(F)(F)F)cc13)C2. The molecule has 0 aliphatic carbocycles. The summed E-state index contributed by atoms with van der Waals surface area (Å²) >= 11 is 0.868. The van der Waals surface area contributed by atoms with Crippen molar-refractivity contribution in [1.82, 2.24) is 9.88 Å². The Morgan fingerprint density at radius 3 is 2.42 bits per heavy atom. The van der Waals surface area contributed by atoms with Gasteiger partial charge in [-0.1, -0.05) is 0 Å². The lowest BCUT2D eigenvalue weighted by Crippen LogP contribution is -2.73. The molecule has 31 heavy (non-hydrogen) atoms. The molecule has 0 saturated carbocycles. The molecule has 2 aliphatic rings. The molecular weight excluding hydrogens is 441 g/mol. The van der Waals surface area contributed by atoms with Crippen molar-refractivity contribution in [2.75, 3.05) is 31.1 Å². The van der Waals surface area contributed by atoms with Gasteiger partial charge in [-0.2, -0.15) is 13.2 Å². The average molecular weight is 463 g/mol. The minimum Gasteiger partial charge on any atom is -0.444 e. The molecular formula is C20H22F5N3O2S. The number of carbonyl (C=O) groups is 1. The van der Waals surface area contributed by atoms with E-state index in [1.54, 1.807) is 30.6 Å². The lowest BCUT2D eigenvalue weighted by atomic mass is 9.72. The second-order valence-electron chi connectivity index (χ2n) is 9.28. The summed E-state index contributed by atoms with van der Waals surface area (Å²) in [4.78, 5) is 19.8. The number of alkyl halides is 5. The number of hydrogen-bond donors (Lipinski definition) is 0. The van der Waals surface area contributed by atoms with Crippen molar-refractivity contribution in [3.63, 3.8) is 0 Å². The number of pyridine rings is 1. The molecule has 1 amide bonds. The Hall–Kier alpha value is -2.17. The molecule has 2 aromatic heterocycles. The minimum absolute atomic E-state index is 0.0395. The summed E-state index contributed by atoms with van der Waals surface area (Å²) < 4.78 is 71.0. The van der Waals surface area contributed by atoms with Crippen molar-refractivity contribution in [2.45, 2.75) is 45.4 Å². The molecule has 2 aliphatic heterocycles. The zero-order valence-corrected chi connectivity index (χ0v) is 18.0. The first kappa shape index (κ1) is 22.0. The largest absolute Gasteiger partial charge is 0.444 e. The zero-order chi connectivity index (χ0) is 22.8. The van der Waals surface area contributed by atoms with Gasteiger partial charge in [-0.3, -0.25) is 0 Å². The van der Waals surface area contributed by atoms with Gasteiger partial charge in [0.2, 0.25) is 0 Å². The van der Waals surface area contributed by atoms with Gasteiger partial charge in [0.1, 0.15) is 10.4 Å². The normalized spacial score (nSPS) is 18.5. The van der Waals surface area contributed by atoms with Gasteiger partial charge in [0, 0.05) is 48.1 Å². The molecule has 0 radical (unpaired) electrons. The smallest absolute Gasteiger partial charge is 0.410 e. The predicted octanol–water partition coefficient (Wildman–Crippen LogP) is 5.40. The number of rotatable bonds is 3. The number of thiophene rings is 1. The van der Waals surface area contributed by atoms with E-state index in [1.165, 1.54) is 6.07 Å². The van der Waals surface area contributed by atoms with Crippen molar-refractivity contribution in [1.29, 1.82) is 0 Å². The van der Waals surface area contributed by atoms with Crippen LogP contribution in [0.3, 0.4) is 0 Å². The van der Waals surface area contributed by atoms with Crippen molar-refractivity contribution >= 4 is 33.3 Å². The van der Waals surface area contributed by atoms with Gasteiger partial charge in [0.15, 0.2) is 0 Å². The molecule has 2 fully saturated rings. The Morgan fingerprint density at radius 1 is 1.23 bits per heavy atom. The van der Waals surface area contributed by atoms with Crippen LogP contribution in [0.4, 0.5) is 32.4 Å². The maximum absolute atomic E-state index is 13.7. The van der Waals surface area contributed by atoms with E-state index in [2.05, 4.69) is 4.98 Å². The fourth-order valence-electron chi connectivity index (χ4n) is 4.18. The van der Waals surface area contributed by atoms with Gasteiger partial charge >= 0.3 is 12.3 Å². The Balaban J connectivity index is 1.52. The highest BCUT2D eigenvalue weighted by molar-refractivity contribution is 7.18. The van der Waals surface area contributed by atoms with E-state index < -0.39 is 30.7 Å². The molecule has 0 atom stereocenters. The van der Waals surface area contributed by atoms with Crippen molar-refractivity contribution < 1.29 is 31.5 Å². The van der Waals surface area contributed by atoms with Gasteiger partial charge < -0.3 is 14.5 Å². The Bertz CT molecular complexity index is 1000. The van der Waals surface area contributed by atoms with Gasteiger partial charge in [-0.15, -0.1) is 11.3 Å². The number of halogens is 5. The molecule has 4 heterocycles. The van der Waals surface area contributed by atoms with Gasteiger partial charge in [0.05, 0.1) is 17.7 Å². The monoisotopic (exact) mass is 463 g/mol. The molecule has 2 saturated heterocycles. The molecule has 0 bridgehead atoms. The third-order valence-electron chi connectivity index (χ3n) is 5.30. The summed E-state index contributed by atoms with van der Waals surface area (Å²) in [7, 11) is 0. The molecule has 0 N–H and O–H groups in total. The van der Waals surface area contributed by atoms with Crippen LogP contribution in [-0.2, 0) is 11.2 Å². The lowest BCUT2D eigenvalue weighted by molar-refractivity contribution is -0.126. The molecule has 1 spiro atoms. The average Bonchev–Trinajstić information content (AvgIpc) is 2.90. The van der Waals surface area contributed by atoms with Crippen LogP contribution in [0.15, 0.2) is 12.3 Å². The topological polar surface area (TPSA) is 45.7 Å². The summed E-state index contributed by atoms with van der Waals surface area (Å²) in [5.41, 5.74) is -0.864. The fraction of sp³-hybridized carbons (Fsp3) is 0.600. The number of amides is 1. The van der Waals surface area contributed by atoms with Crippen LogP contribution >= 0.6 is 11.3 Å². The number of nitrogens with zero attached hydrogens (tertiary/aromatic N) is 3. The van der Waals surface area contributed by atoms with Crippen LogP contribution in [0.5, 0.6) is 0 Å². The number of anilines is 1. The summed E-state index contributed by atoms with van der Waals surface area (Å²) in [6, 6.07) is 1.32. The fourth-order valence-corrected chi connectivity index (χ4v) is 5.21. The summed E-state index contributed by atoms with van der Waals surface area (Å²) in [6.07, 6.45) is -7.66. The Morgan fingerprint density at radius 2 is 1.87 bits per heavy atom. The van der Waals surface area contributed by atoms with E-state index in [-0.39, 0.29) is 21.5 Å². The van der Waals surface area contributed by atoms with E-state index >= 15 is 0 Å². The number of likely N-dealkylation sites (tertiary alicyclic amines) is 1. The number of aromatic nitrogens is 1. The van der Waals surface area contributed by atoms with Crippen molar-refractivity contribution in [3.05, 3.63) is 22.7 Å². The predicted molar refractivity (Wildman–Crippen MR) is 107 cm³/mol. The highest BCUT2D eigenvalue weighted by atomic mass is 32.1. The van der Waals surface area contributed by atoms with E-state index in [0.717, 1.165) is 17.5 Å². The van der Waals surface area contributed by atoms with E-state index in [4.69, 9.17) is 4.74 Å². The van der Waals surface area contributed by atoms with Gasteiger partial charge in [-0.25, -0.2) is 18.6 Å². The first-order chi connectivity index (χ1) is 14.3. The maximum Gasteiger partial charge on any atom is 0.410 e. The van der Waals surface area contributed by atoms with Crippen LogP contribution in [0.2, 0.25) is 0 Å². The molecule has 0 aromatic carbocycles. The second-order valence-corrected chi connectivity index (χ2v) is 10.4. The third-order valence-corrected chi connectivity index (χ3v) is 6.34. The van der Waals surface area contributed by atoms with Crippen LogP contribution in [0.1, 0.15) is 37.6 Å². The summed E-state index contributed by atoms with van der Waals surface area (Å²) in [5.74, 6) is 0. The van der Waals surface area contributed by atoms with Gasteiger partial charge in [0.25, 0.3) is 6.43 Å². The standard InChI is InChI=1S/C20H22F5N3O2S/c1-18(2,3)30-17(29)28-9-19(10-28)7-27(8-19)14-12-4-11(5-20(23,24)25)31-16(12)26-6-13(14)15(21)22/h4,6,15H,5,7-10H2,1-3H3. The first-order valence-corrected chi connectivity index (χ1v) is 10.6. The van der Waals surface area contributed by atoms with Crippen LogP contribution in [-0.4, -0.2) is 53.9 Å². The summed E-state index contributed by atoms with van der Waals surface area (Å²) in [5, 5.41) is 0.320. The highest BCUT2D eigenvalue weighted by Crippen LogP contribution is 2.47. The summed E-state index contributed by atoms with van der Waals surface area (Å²) in [6.45, 7) is 7.13. The van der Waals surface area contributed by atoms with Crippen LogP contribution < -0.4 is 4.90 Å². The van der Waals surface area contributed by atoms with E-state index in [9.17, 15) is 26.7 Å². The lowest BCUT2D eigenvalue weighted by Gasteiger charge is -2.60. The highest BCUT2D eigenvalue weighted by Gasteiger charge is 2.54. The zero-order valence-electron chi connectivity index (χ0n) is 17.2. The Labute approximate surface area is 179 Å². The number of ether oxygens (including phenoxy) is 1. The molecule has 0 unspecified atom stereocenters. The van der Waals surface area contributed by atoms with Crippen molar-refractivity contribution in [2.24, 2.45) is 5.41 Å². The molecule has 11 heteroatoms. The van der Waals surface area contributed by atoms with Gasteiger partial charge in [-0.05, 0) is 26.8 Å². The minimum atomic E-state index is -4.38. The van der Waals surface area contributed by atoms with E-state index in [1.807, 2.05) is 0 Å². The number of hydrogen-bond acceptors (Lipinski definition) is 5. The van der Waals surface area contributed by atoms with Crippen molar-refractivity contribution in [3.8, 4) is 0 Å². The molecule has 2 aromatic rings.